The number of benzene rings is 1. The second-order valence-electron chi connectivity index (χ2n) is 3.48. The van der Waals surface area contributed by atoms with E-state index in [0.717, 1.165) is 17.9 Å². The lowest BCUT2D eigenvalue weighted by Crippen LogP contribution is -1.97. The van der Waals surface area contributed by atoms with Gasteiger partial charge in [-0.15, -0.1) is 0 Å². The van der Waals surface area contributed by atoms with Crippen LogP contribution in [0, 0.1) is 13.8 Å². The predicted octanol–water partition coefficient (Wildman–Crippen LogP) is 4.08. The number of hydrogen-bond donors (Lipinski definition) is 0. The van der Waals surface area contributed by atoms with Crippen molar-refractivity contribution >= 4 is 11.6 Å². The third kappa shape index (κ3) is 1.88. The summed E-state index contributed by atoms with van der Waals surface area (Å²) >= 11 is 6.23. The second kappa shape index (κ2) is 4.15. The molecule has 0 spiro atoms. The van der Waals surface area contributed by atoms with Crippen molar-refractivity contribution < 1.29 is 0 Å². The largest absolute Gasteiger partial charge is 0.0837 e. The molecule has 0 saturated carbocycles. The lowest BCUT2D eigenvalue weighted by molar-refractivity contribution is 1.04. The van der Waals surface area contributed by atoms with E-state index in [1.54, 1.807) is 0 Å². The molecule has 1 rings (SSSR count). The summed E-state index contributed by atoms with van der Waals surface area (Å²) in [4.78, 5) is 0. The minimum Gasteiger partial charge on any atom is -0.0837 e. The maximum Gasteiger partial charge on any atom is 0.0469 e. The van der Waals surface area contributed by atoms with Gasteiger partial charge in [-0.2, -0.15) is 0 Å². The third-order valence-corrected chi connectivity index (χ3v) is 3.20. The van der Waals surface area contributed by atoms with E-state index in [-0.39, 0.29) is 0 Å². The molecule has 0 unspecified atom stereocenters. The highest BCUT2D eigenvalue weighted by atomic mass is 35.5. The van der Waals surface area contributed by atoms with Gasteiger partial charge in [0.05, 0.1) is 0 Å². The molecule has 0 nitrogen and oxygen atoms in total. The Morgan fingerprint density at radius 3 is 2.23 bits per heavy atom. The van der Waals surface area contributed by atoms with E-state index in [9.17, 15) is 0 Å². The summed E-state index contributed by atoms with van der Waals surface area (Å²) in [6, 6.07) is 2.21. The molecule has 0 bridgehead atoms. The van der Waals surface area contributed by atoms with Gasteiger partial charge in [-0.1, -0.05) is 31.5 Å². The van der Waals surface area contributed by atoms with Gasteiger partial charge < -0.3 is 0 Å². The van der Waals surface area contributed by atoms with Crippen LogP contribution in [0.5, 0.6) is 0 Å². The van der Waals surface area contributed by atoms with Gasteiger partial charge in [-0.25, -0.2) is 0 Å². The first-order valence-corrected chi connectivity index (χ1v) is 5.27. The standard InChI is InChI=1S/C12H17Cl/c1-5-10-7-8(3)12(13)11(6-2)9(10)4/h7H,5-6H2,1-4H3. The predicted molar refractivity (Wildman–Crippen MR) is 59.7 cm³/mol. The lowest BCUT2D eigenvalue weighted by Gasteiger charge is -2.13. The maximum absolute atomic E-state index is 6.23. The van der Waals surface area contributed by atoms with Crippen LogP contribution in [-0.4, -0.2) is 0 Å². The monoisotopic (exact) mass is 196 g/mol. The second-order valence-corrected chi connectivity index (χ2v) is 3.86. The van der Waals surface area contributed by atoms with E-state index in [1.165, 1.54) is 22.3 Å². The first-order chi connectivity index (χ1) is 6.11. The zero-order valence-electron chi connectivity index (χ0n) is 8.87. The molecular weight excluding hydrogens is 180 g/mol. The minimum absolute atomic E-state index is 0.956. The Hall–Kier alpha value is -0.490. The molecule has 1 heteroatoms. The van der Waals surface area contributed by atoms with Gasteiger partial charge in [0.1, 0.15) is 0 Å². The molecule has 1 aromatic rings. The normalized spacial score (nSPS) is 10.5. The first-order valence-electron chi connectivity index (χ1n) is 4.89. The molecule has 0 aromatic heterocycles. The fraction of sp³-hybridized carbons (Fsp3) is 0.500. The zero-order chi connectivity index (χ0) is 10.0. The van der Waals surface area contributed by atoms with Crippen LogP contribution in [0.25, 0.3) is 0 Å². The smallest absolute Gasteiger partial charge is 0.0469 e. The van der Waals surface area contributed by atoms with Crippen molar-refractivity contribution in [1.82, 2.24) is 0 Å². The van der Waals surface area contributed by atoms with E-state index in [1.807, 2.05) is 0 Å². The Kier molecular flexibility index (Phi) is 3.38. The van der Waals surface area contributed by atoms with Crippen molar-refractivity contribution in [3.8, 4) is 0 Å². The fourth-order valence-corrected chi connectivity index (χ4v) is 2.15. The Balaban J connectivity index is 3.39. The maximum atomic E-state index is 6.23. The number of aryl methyl sites for hydroxylation is 2. The van der Waals surface area contributed by atoms with Crippen LogP contribution in [0.1, 0.15) is 36.1 Å². The summed E-state index contributed by atoms with van der Waals surface area (Å²) in [5.41, 5.74) is 5.33. The van der Waals surface area contributed by atoms with Crippen molar-refractivity contribution in [2.75, 3.05) is 0 Å². The van der Waals surface area contributed by atoms with Crippen LogP contribution in [0.4, 0.5) is 0 Å². The molecule has 0 aliphatic heterocycles. The Labute approximate surface area is 85.9 Å². The van der Waals surface area contributed by atoms with E-state index >= 15 is 0 Å². The topological polar surface area (TPSA) is 0 Å². The fourth-order valence-electron chi connectivity index (χ4n) is 1.82. The van der Waals surface area contributed by atoms with Gasteiger partial charge in [0.25, 0.3) is 0 Å². The average Bonchev–Trinajstić information content (AvgIpc) is 2.12. The highest BCUT2D eigenvalue weighted by Crippen LogP contribution is 2.27. The van der Waals surface area contributed by atoms with Gasteiger partial charge in [0.15, 0.2) is 0 Å². The summed E-state index contributed by atoms with van der Waals surface area (Å²) in [5, 5.41) is 0.956. The summed E-state index contributed by atoms with van der Waals surface area (Å²) in [7, 11) is 0. The van der Waals surface area contributed by atoms with Gasteiger partial charge in [-0.3, -0.25) is 0 Å². The first kappa shape index (κ1) is 10.6. The van der Waals surface area contributed by atoms with Crippen molar-refractivity contribution in [3.63, 3.8) is 0 Å². The summed E-state index contributed by atoms with van der Waals surface area (Å²) in [5.74, 6) is 0. The van der Waals surface area contributed by atoms with E-state index < -0.39 is 0 Å². The van der Waals surface area contributed by atoms with Crippen molar-refractivity contribution in [3.05, 3.63) is 33.3 Å². The molecule has 0 amide bonds. The van der Waals surface area contributed by atoms with Crippen LogP contribution in [-0.2, 0) is 12.8 Å². The van der Waals surface area contributed by atoms with Gasteiger partial charge >= 0.3 is 0 Å². The van der Waals surface area contributed by atoms with Crippen molar-refractivity contribution in [2.24, 2.45) is 0 Å². The molecule has 0 radical (unpaired) electrons. The van der Waals surface area contributed by atoms with E-state index in [4.69, 9.17) is 11.6 Å². The molecule has 0 aliphatic rings. The van der Waals surface area contributed by atoms with Crippen LogP contribution in [0.2, 0.25) is 5.02 Å². The highest BCUT2D eigenvalue weighted by molar-refractivity contribution is 6.32. The van der Waals surface area contributed by atoms with Crippen LogP contribution >= 0.6 is 11.6 Å². The van der Waals surface area contributed by atoms with Crippen LogP contribution < -0.4 is 0 Å². The van der Waals surface area contributed by atoms with Crippen molar-refractivity contribution in [2.45, 2.75) is 40.5 Å². The number of rotatable bonds is 2. The van der Waals surface area contributed by atoms with Gasteiger partial charge in [0, 0.05) is 5.02 Å². The number of halogens is 1. The Morgan fingerprint density at radius 2 is 1.77 bits per heavy atom. The molecule has 0 aliphatic carbocycles. The summed E-state index contributed by atoms with van der Waals surface area (Å²) in [6.07, 6.45) is 2.12. The van der Waals surface area contributed by atoms with E-state index in [0.29, 0.717) is 0 Å². The molecule has 0 atom stereocenters. The van der Waals surface area contributed by atoms with Gasteiger partial charge in [0.2, 0.25) is 0 Å². The summed E-state index contributed by atoms with van der Waals surface area (Å²) in [6.45, 7) is 8.60. The third-order valence-electron chi connectivity index (χ3n) is 2.67. The average molecular weight is 197 g/mol. The molecule has 13 heavy (non-hydrogen) atoms. The Morgan fingerprint density at radius 1 is 1.15 bits per heavy atom. The van der Waals surface area contributed by atoms with Gasteiger partial charge in [-0.05, 0) is 48.9 Å². The molecule has 0 N–H and O–H groups in total. The quantitative estimate of drug-likeness (QED) is 0.669. The molecule has 1 aromatic carbocycles. The molecule has 72 valence electrons. The van der Waals surface area contributed by atoms with E-state index in [2.05, 4.69) is 33.8 Å². The molecular formula is C12H17Cl. The van der Waals surface area contributed by atoms with Crippen LogP contribution in [0.3, 0.4) is 0 Å². The minimum atomic E-state index is 0.956. The SMILES string of the molecule is CCc1cc(C)c(Cl)c(CC)c1C. The molecule has 0 heterocycles. The molecule has 0 saturated heterocycles. The number of hydrogen-bond acceptors (Lipinski definition) is 0. The van der Waals surface area contributed by atoms with Crippen molar-refractivity contribution in [1.29, 1.82) is 0 Å². The highest BCUT2D eigenvalue weighted by Gasteiger charge is 2.08. The molecule has 0 fully saturated rings. The lowest BCUT2D eigenvalue weighted by atomic mass is 9.96. The van der Waals surface area contributed by atoms with Crippen LogP contribution in [0.15, 0.2) is 6.07 Å². The summed E-state index contributed by atoms with van der Waals surface area (Å²) < 4.78 is 0. The Bertz CT molecular complexity index is 313. The zero-order valence-corrected chi connectivity index (χ0v) is 9.63.